The first-order chi connectivity index (χ1) is 9.08. The fraction of sp³-hybridized carbons (Fsp3) is 0.0714. The predicted octanol–water partition coefficient (Wildman–Crippen LogP) is 3.19. The Hall–Kier alpha value is -2.43. The zero-order valence-corrected chi connectivity index (χ0v) is 10.2. The number of nitrogen functional groups attached to an aromatic ring is 1. The largest absolute Gasteiger partial charge is 0.369 e. The third-order valence-corrected chi connectivity index (χ3v) is 3.05. The average molecular weight is 259 g/mol. The van der Waals surface area contributed by atoms with E-state index < -0.39 is 5.82 Å². The molecule has 5 heteroatoms. The van der Waals surface area contributed by atoms with Crippen molar-refractivity contribution in [3.8, 4) is 5.69 Å². The van der Waals surface area contributed by atoms with Crippen LogP contribution in [0.5, 0.6) is 0 Å². The van der Waals surface area contributed by atoms with Crippen molar-refractivity contribution in [1.82, 2.24) is 9.55 Å². The van der Waals surface area contributed by atoms with Crippen LogP contribution in [0, 0.1) is 18.6 Å². The van der Waals surface area contributed by atoms with Gasteiger partial charge in [0.1, 0.15) is 11.6 Å². The summed E-state index contributed by atoms with van der Waals surface area (Å²) in [5.41, 5.74) is 7.57. The molecular weight excluding hydrogens is 248 g/mol. The number of rotatable bonds is 1. The van der Waals surface area contributed by atoms with Crippen molar-refractivity contribution in [2.75, 3.05) is 5.73 Å². The topological polar surface area (TPSA) is 43.8 Å². The number of nitrogens with zero attached hydrogens (tertiary/aromatic N) is 2. The summed E-state index contributed by atoms with van der Waals surface area (Å²) in [7, 11) is 0. The van der Waals surface area contributed by atoms with E-state index in [9.17, 15) is 8.78 Å². The molecule has 0 amide bonds. The molecule has 0 bridgehead atoms. The van der Waals surface area contributed by atoms with Gasteiger partial charge in [-0.1, -0.05) is 12.1 Å². The van der Waals surface area contributed by atoms with E-state index in [1.807, 2.05) is 0 Å². The minimum atomic E-state index is -0.407. The van der Waals surface area contributed by atoms with Gasteiger partial charge in [0.25, 0.3) is 0 Å². The van der Waals surface area contributed by atoms with Crippen molar-refractivity contribution in [2.45, 2.75) is 6.92 Å². The maximum atomic E-state index is 13.9. The Morgan fingerprint density at radius 3 is 2.58 bits per heavy atom. The van der Waals surface area contributed by atoms with Crippen LogP contribution in [0.1, 0.15) is 5.56 Å². The van der Waals surface area contributed by atoms with Crippen LogP contribution < -0.4 is 5.73 Å². The Balaban J connectivity index is 2.38. The van der Waals surface area contributed by atoms with E-state index in [2.05, 4.69) is 4.98 Å². The van der Waals surface area contributed by atoms with E-state index in [1.54, 1.807) is 31.2 Å². The lowest BCUT2D eigenvalue weighted by Crippen LogP contribution is -2.02. The number of aromatic nitrogens is 2. The summed E-state index contributed by atoms with van der Waals surface area (Å²) in [6, 6.07) is 9.17. The smallest absolute Gasteiger partial charge is 0.206 e. The molecule has 0 aliphatic heterocycles. The van der Waals surface area contributed by atoms with E-state index in [0.717, 1.165) is 0 Å². The normalized spacial score (nSPS) is 11.1. The Kier molecular flexibility index (Phi) is 2.48. The zero-order valence-electron chi connectivity index (χ0n) is 10.2. The van der Waals surface area contributed by atoms with Crippen LogP contribution in [0.2, 0.25) is 0 Å². The molecule has 1 heterocycles. The van der Waals surface area contributed by atoms with Gasteiger partial charge in [0.05, 0.1) is 16.7 Å². The lowest BCUT2D eigenvalue weighted by molar-refractivity contribution is 0.618. The molecule has 0 fully saturated rings. The van der Waals surface area contributed by atoms with Crippen molar-refractivity contribution in [3.63, 3.8) is 0 Å². The predicted molar refractivity (Wildman–Crippen MR) is 70.1 cm³/mol. The molecule has 0 unspecified atom stereocenters. The monoisotopic (exact) mass is 259 g/mol. The van der Waals surface area contributed by atoms with Crippen LogP contribution >= 0.6 is 0 Å². The number of benzene rings is 2. The number of hydrogen-bond donors (Lipinski definition) is 1. The quantitative estimate of drug-likeness (QED) is 0.729. The van der Waals surface area contributed by atoms with Crippen LogP contribution in [0.25, 0.3) is 16.7 Å². The van der Waals surface area contributed by atoms with Crippen LogP contribution in [0.15, 0.2) is 36.4 Å². The molecule has 0 aliphatic rings. The lowest BCUT2D eigenvalue weighted by atomic mass is 10.2. The maximum Gasteiger partial charge on any atom is 0.206 e. The summed E-state index contributed by atoms with van der Waals surface area (Å²) in [4.78, 5) is 4.07. The van der Waals surface area contributed by atoms with Gasteiger partial charge in [-0.15, -0.1) is 0 Å². The average Bonchev–Trinajstić information content (AvgIpc) is 2.66. The van der Waals surface area contributed by atoms with Crippen LogP contribution in [0.3, 0.4) is 0 Å². The number of anilines is 1. The van der Waals surface area contributed by atoms with Gasteiger partial charge in [0, 0.05) is 6.07 Å². The SMILES string of the molecule is Cc1cc2c(cc1F)nc(N)n2-c1ccccc1F. The van der Waals surface area contributed by atoms with Gasteiger partial charge < -0.3 is 5.73 Å². The molecule has 0 saturated carbocycles. The number of nitrogens with two attached hydrogens (primary N) is 1. The second kappa shape index (κ2) is 4.05. The third-order valence-electron chi connectivity index (χ3n) is 3.05. The highest BCUT2D eigenvalue weighted by Gasteiger charge is 2.14. The van der Waals surface area contributed by atoms with Gasteiger partial charge in [-0.3, -0.25) is 4.57 Å². The lowest BCUT2D eigenvalue weighted by Gasteiger charge is -2.08. The molecule has 3 rings (SSSR count). The molecule has 0 atom stereocenters. The van der Waals surface area contributed by atoms with Gasteiger partial charge in [-0.05, 0) is 30.7 Å². The molecule has 0 saturated heterocycles. The maximum absolute atomic E-state index is 13.9. The Labute approximate surface area is 108 Å². The second-order valence-electron chi connectivity index (χ2n) is 4.35. The number of imidazole rings is 1. The summed E-state index contributed by atoms with van der Waals surface area (Å²) >= 11 is 0. The molecule has 0 aliphatic carbocycles. The first-order valence-electron chi connectivity index (χ1n) is 5.77. The van der Waals surface area contributed by atoms with E-state index >= 15 is 0 Å². The van der Waals surface area contributed by atoms with Gasteiger partial charge in [0.2, 0.25) is 5.95 Å². The molecule has 2 aromatic carbocycles. The van der Waals surface area contributed by atoms with Gasteiger partial charge in [0.15, 0.2) is 0 Å². The number of fused-ring (bicyclic) bond motifs is 1. The fourth-order valence-corrected chi connectivity index (χ4v) is 2.11. The molecule has 3 nitrogen and oxygen atoms in total. The molecule has 3 aromatic rings. The number of hydrogen-bond acceptors (Lipinski definition) is 2. The van der Waals surface area contributed by atoms with Crippen LogP contribution in [-0.4, -0.2) is 9.55 Å². The Morgan fingerprint density at radius 2 is 1.84 bits per heavy atom. The molecule has 96 valence electrons. The second-order valence-corrected chi connectivity index (χ2v) is 4.35. The van der Waals surface area contributed by atoms with Gasteiger partial charge in [-0.2, -0.15) is 0 Å². The highest BCUT2D eigenvalue weighted by atomic mass is 19.1. The minimum absolute atomic E-state index is 0.130. The Morgan fingerprint density at radius 1 is 1.11 bits per heavy atom. The first kappa shape index (κ1) is 11.6. The van der Waals surface area contributed by atoms with Crippen LogP contribution in [0.4, 0.5) is 14.7 Å². The summed E-state index contributed by atoms with van der Waals surface area (Å²) in [6.45, 7) is 1.64. The molecular formula is C14H11F2N3. The molecule has 2 N–H and O–H groups in total. The summed E-state index contributed by atoms with van der Waals surface area (Å²) in [5.74, 6) is -0.633. The van der Waals surface area contributed by atoms with E-state index in [1.165, 1.54) is 16.7 Å². The van der Waals surface area contributed by atoms with Gasteiger partial charge in [-0.25, -0.2) is 13.8 Å². The molecule has 0 radical (unpaired) electrons. The first-order valence-corrected chi connectivity index (χ1v) is 5.77. The van der Waals surface area contributed by atoms with Crippen molar-refractivity contribution in [2.24, 2.45) is 0 Å². The number of para-hydroxylation sites is 1. The van der Waals surface area contributed by atoms with Crippen molar-refractivity contribution in [1.29, 1.82) is 0 Å². The molecule has 0 spiro atoms. The number of aryl methyl sites for hydroxylation is 1. The highest BCUT2D eigenvalue weighted by molar-refractivity contribution is 5.81. The van der Waals surface area contributed by atoms with Crippen LogP contribution in [-0.2, 0) is 0 Å². The van der Waals surface area contributed by atoms with Crippen molar-refractivity contribution < 1.29 is 8.78 Å². The molecule has 19 heavy (non-hydrogen) atoms. The number of halogens is 2. The van der Waals surface area contributed by atoms with E-state index in [4.69, 9.17) is 5.73 Å². The summed E-state index contributed by atoms with van der Waals surface area (Å²) in [5, 5.41) is 0. The minimum Gasteiger partial charge on any atom is -0.369 e. The zero-order chi connectivity index (χ0) is 13.6. The van der Waals surface area contributed by atoms with Crippen molar-refractivity contribution in [3.05, 3.63) is 53.6 Å². The third kappa shape index (κ3) is 1.74. The van der Waals surface area contributed by atoms with E-state index in [-0.39, 0.29) is 11.8 Å². The summed E-state index contributed by atoms with van der Waals surface area (Å²) < 4.78 is 28.9. The Bertz CT molecular complexity index is 778. The summed E-state index contributed by atoms with van der Waals surface area (Å²) in [6.07, 6.45) is 0. The van der Waals surface area contributed by atoms with Gasteiger partial charge >= 0.3 is 0 Å². The highest BCUT2D eigenvalue weighted by Crippen LogP contribution is 2.26. The fourth-order valence-electron chi connectivity index (χ4n) is 2.11. The van der Waals surface area contributed by atoms with E-state index in [0.29, 0.717) is 22.3 Å². The molecule has 1 aromatic heterocycles. The standard InChI is InChI=1S/C14H11F2N3/c1-8-6-13-11(7-10(8)16)18-14(17)19(13)12-5-3-2-4-9(12)15/h2-7H,1H3,(H2,17,18). The van der Waals surface area contributed by atoms with Crippen molar-refractivity contribution >= 4 is 17.0 Å².